The molecule has 0 spiro atoms. The van der Waals surface area contributed by atoms with Crippen molar-refractivity contribution in [2.24, 2.45) is 5.92 Å². The van der Waals surface area contributed by atoms with E-state index in [1.807, 2.05) is 6.92 Å². The second-order valence-corrected chi connectivity index (χ2v) is 14.5. The number of hydrogen-bond acceptors (Lipinski definition) is 13. The lowest BCUT2D eigenvalue weighted by Gasteiger charge is -2.34. The Labute approximate surface area is 268 Å². The Morgan fingerprint density at radius 3 is 1.78 bits per heavy atom. The Hall–Kier alpha value is -2.80. The van der Waals surface area contributed by atoms with E-state index in [0.29, 0.717) is 6.42 Å². The van der Waals surface area contributed by atoms with E-state index in [2.05, 4.69) is 15.1 Å². The summed E-state index contributed by atoms with van der Waals surface area (Å²) in [5, 5.41) is 23.4. The van der Waals surface area contributed by atoms with Crippen LogP contribution in [0.25, 0.3) is 0 Å². The number of ether oxygens (including phenoxy) is 3. The monoisotopic (exact) mass is 689 g/mol. The van der Waals surface area contributed by atoms with Crippen molar-refractivity contribution in [3.05, 3.63) is 65.2 Å². The molecular formula is C27H40N5O12PS. The fraction of sp³-hybridized carbons (Fsp3) is 0.667. The Kier molecular flexibility index (Phi) is 11.7. The van der Waals surface area contributed by atoms with Crippen LogP contribution in [0.2, 0.25) is 0 Å². The zero-order chi connectivity index (χ0) is 33.9. The molecule has 2 saturated heterocycles. The van der Waals surface area contributed by atoms with Crippen LogP contribution in [0.5, 0.6) is 0 Å². The summed E-state index contributed by atoms with van der Waals surface area (Å²) >= 11 is 5.97. The van der Waals surface area contributed by atoms with E-state index in [1.165, 1.54) is 42.5 Å². The van der Waals surface area contributed by atoms with E-state index >= 15 is 0 Å². The standard InChI is InChI=1S/C27H40N5O12PS/c1-6-13(2)22(25(37)40-5)30-45(46,43-16-7-20(41-18(16)11-33)31-9-14(3)23(35)28-26(31)38)44-17-8-21(42-19(17)12-34)32-10-15(4)24(36)29-27(32)39/h9-10,13,16-22,33-34H,6-8,11-12H2,1-5H3,(H,30,46)(H,28,35,38)(H,29,36,39)/t13-,16-,17-,18+,19+,20+,21+,22-/m0/s1. The first-order valence-corrected chi connectivity index (χ1v) is 17.4. The zero-order valence-electron chi connectivity index (χ0n) is 26.0. The zero-order valence-corrected chi connectivity index (χ0v) is 27.7. The number of carbonyl (C=O) groups excluding carboxylic acids is 1. The smallest absolute Gasteiger partial charge is 0.330 e. The normalized spacial score (nSPS) is 26.2. The molecule has 0 unspecified atom stereocenters. The van der Waals surface area contributed by atoms with Crippen LogP contribution in [0.3, 0.4) is 0 Å². The van der Waals surface area contributed by atoms with Crippen molar-refractivity contribution in [2.75, 3.05) is 20.3 Å². The fourth-order valence-electron chi connectivity index (χ4n) is 5.28. The van der Waals surface area contributed by atoms with Gasteiger partial charge < -0.3 is 33.5 Å². The topological polar surface area (TPSA) is 225 Å². The summed E-state index contributed by atoms with van der Waals surface area (Å²) in [6.07, 6.45) is -2.54. The highest BCUT2D eigenvalue weighted by Crippen LogP contribution is 2.53. The molecule has 0 bridgehead atoms. The van der Waals surface area contributed by atoms with E-state index in [1.54, 1.807) is 6.92 Å². The van der Waals surface area contributed by atoms with Gasteiger partial charge in [-0.15, -0.1) is 0 Å². The number of nitrogens with one attached hydrogen (secondary N) is 3. The number of aliphatic hydroxyl groups excluding tert-OH is 2. The van der Waals surface area contributed by atoms with Gasteiger partial charge in [0.1, 0.15) is 30.7 Å². The van der Waals surface area contributed by atoms with Crippen molar-refractivity contribution < 1.29 is 38.3 Å². The average Bonchev–Trinajstić information content (AvgIpc) is 3.61. The van der Waals surface area contributed by atoms with Gasteiger partial charge in [0, 0.05) is 36.4 Å². The summed E-state index contributed by atoms with van der Waals surface area (Å²) in [7, 11) is 1.23. The number of aliphatic hydroxyl groups is 2. The molecule has 0 radical (unpaired) electrons. The highest BCUT2D eigenvalue weighted by atomic mass is 32.5. The number of aromatic nitrogens is 4. The van der Waals surface area contributed by atoms with Crippen molar-refractivity contribution in [2.45, 2.75) is 89.9 Å². The molecule has 0 amide bonds. The predicted octanol–water partition coefficient (Wildman–Crippen LogP) is -0.565. The first kappa shape index (κ1) is 36.0. The average molecular weight is 690 g/mol. The van der Waals surface area contributed by atoms with Crippen LogP contribution in [-0.2, 0) is 39.9 Å². The lowest BCUT2D eigenvalue weighted by molar-refractivity contribution is -0.144. The molecule has 46 heavy (non-hydrogen) atoms. The molecule has 0 aromatic carbocycles. The van der Waals surface area contributed by atoms with Crippen molar-refractivity contribution in [1.82, 2.24) is 24.2 Å². The van der Waals surface area contributed by atoms with Gasteiger partial charge in [0.15, 0.2) is 0 Å². The summed E-state index contributed by atoms with van der Waals surface area (Å²) in [6.45, 7) is 1.88. The van der Waals surface area contributed by atoms with Gasteiger partial charge in [-0.05, 0) is 31.6 Å². The Morgan fingerprint density at radius 1 is 0.978 bits per heavy atom. The third-order valence-electron chi connectivity index (χ3n) is 8.15. The molecule has 2 aliphatic rings. The number of methoxy groups -OCH3 is 1. The number of nitrogens with zero attached hydrogens (tertiary/aromatic N) is 2. The molecule has 2 aromatic heterocycles. The fourth-order valence-corrected chi connectivity index (χ4v) is 8.31. The van der Waals surface area contributed by atoms with Crippen LogP contribution in [-0.4, -0.2) is 86.1 Å². The van der Waals surface area contributed by atoms with Crippen LogP contribution >= 0.6 is 6.64 Å². The second-order valence-electron chi connectivity index (χ2n) is 11.4. The SMILES string of the molecule is CC[C@H](C)[C@H](NP(=S)(O[C@H]1C[C@H](n2cc(C)c(=O)[nH]c2=O)O[C@@H]1CO)O[C@H]1C[C@H](n2cc(C)c(=O)[nH]c2=O)O[C@@H]1CO)C(=O)OC. The van der Waals surface area contributed by atoms with Crippen molar-refractivity contribution in [1.29, 1.82) is 0 Å². The molecule has 4 heterocycles. The third kappa shape index (κ3) is 7.83. The molecule has 0 saturated carbocycles. The number of esters is 1. The maximum Gasteiger partial charge on any atom is 0.330 e. The van der Waals surface area contributed by atoms with E-state index in [0.717, 1.165) is 0 Å². The van der Waals surface area contributed by atoms with E-state index in [4.69, 9.17) is 35.1 Å². The quantitative estimate of drug-likeness (QED) is 0.131. The summed E-state index contributed by atoms with van der Waals surface area (Å²) in [4.78, 5) is 66.3. The van der Waals surface area contributed by atoms with Gasteiger partial charge in [-0.2, -0.15) is 0 Å². The molecule has 8 atom stereocenters. The minimum atomic E-state index is -3.79. The summed E-state index contributed by atoms with van der Waals surface area (Å²) in [5.74, 6) is -0.922. The number of hydrogen-bond donors (Lipinski definition) is 5. The molecular weight excluding hydrogens is 649 g/mol. The molecule has 256 valence electrons. The van der Waals surface area contributed by atoms with Gasteiger partial charge in [-0.1, -0.05) is 20.3 Å². The van der Waals surface area contributed by atoms with Crippen molar-refractivity contribution in [3.8, 4) is 0 Å². The largest absolute Gasteiger partial charge is 0.468 e. The predicted molar refractivity (Wildman–Crippen MR) is 166 cm³/mol. The van der Waals surface area contributed by atoms with Gasteiger partial charge in [0.25, 0.3) is 17.8 Å². The third-order valence-corrected chi connectivity index (χ3v) is 10.7. The van der Waals surface area contributed by atoms with Gasteiger partial charge in [-0.3, -0.25) is 33.5 Å². The second kappa shape index (κ2) is 15.0. The lowest BCUT2D eigenvalue weighted by Crippen LogP contribution is -2.43. The number of aryl methyl sites for hydroxylation is 2. The van der Waals surface area contributed by atoms with Crippen molar-refractivity contribution in [3.63, 3.8) is 0 Å². The molecule has 17 nitrogen and oxygen atoms in total. The first-order valence-electron chi connectivity index (χ1n) is 14.7. The summed E-state index contributed by atoms with van der Waals surface area (Å²) in [5.41, 5.74) is -2.01. The van der Waals surface area contributed by atoms with E-state index in [-0.39, 0.29) is 29.9 Å². The Morgan fingerprint density at radius 2 is 1.41 bits per heavy atom. The van der Waals surface area contributed by atoms with Crippen LogP contribution in [0.4, 0.5) is 0 Å². The van der Waals surface area contributed by atoms with Crippen LogP contribution in [0.15, 0.2) is 31.6 Å². The molecule has 19 heteroatoms. The highest BCUT2D eigenvalue weighted by molar-refractivity contribution is 8.09. The molecule has 2 aliphatic heterocycles. The molecule has 4 rings (SSSR count). The van der Waals surface area contributed by atoms with E-state index in [9.17, 15) is 34.2 Å². The number of carbonyl (C=O) groups is 1. The maximum atomic E-state index is 12.9. The minimum absolute atomic E-state index is 0.00549. The molecule has 2 aromatic rings. The van der Waals surface area contributed by atoms with Gasteiger partial charge in [0.2, 0.25) is 0 Å². The molecule has 0 aliphatic carbocycles. The Balaban J connectivity index is 1.67. The van der Waals surface area contributed by atoms with Gasteiger partial charge >= 0.3 is 17.3 Å². The maximum absolute atomic E-state index is 12.9. The molecule has 5 N–H and O–H groups in total. The number of H-pyrrole nitrogens is 2. The highest BCUT2D eigenvalue weighted by Gasteiger charge is 2.46. The van der Waals surface area contributed by atoms with Gasteiger partial charge in [-0.25, -0.2) is 14.7 Å². The number of rotatable bonds is 13. The molecule has 2 fully saturated rings. The summed E-state index contributed by atoms with van der Waals surface area (Å²) in [6, 6.07) is -0.980. The Bertz CT molecular complexity index is 1590. The van der Waals surface area contributed by atoms with Crippen LogP contribution in [0, 0.1) is 19.8 Å². The minimum Gasteiger partial charge on any atom is -0.468 e. The lowest BCUT2D eigenvalue weighted by atomic mass is 10.0. The number of aromatic amines is 2. The van der Waals surface area contributed by atoms with E-state index < -0.39 is 91.2 Å². The van der Waals surface area contributed by atoms with Crippen LogP contribution in [0.1, 0.15) is 56.7 Å². The van der Waals surface area contributed by atoms with Gasteiger partial charge in [0.05, 0.1) is 32.5 Å². The van der Waals surface area contributed by atoms with Crippen molar-refractivity contribution >= 4 is 24.4 Å². The summed E-state index contributed by atoms with van der Waals surface area (Å²) < 4.78 is 32.0. The van der Waals surface area contributed by atoms with Crippen LogP contribution < -0.4 is 27.6 Å². The first-order chi connectivity index (χ1) is 21.7.